The van der Waals surface area contributed by atoms with Crippen LogP contribution < -0.4 is 4.90 Å². The zero-order valence-electron chi connectivity index (χ0n) is 9.45. The van der Waals surface area contributed by atoms with Crippen molar-refractivity contribution in [1.82, 2.24) is 0 Å². The minimum atomic E-state index is 0.781. The molecule has 0 aliphatic carbocycles. The first kappa shape index (κ1) is 11.6. The number of rotatable bonds is 2. The molecule has 1 saturated heterocycles. The lowest BCUT2D eigenvalue weighted by Gasteiger charge is -2.32. The highest BCUT2D eigenvalue weighted by Gasteiger charge is 2.18. The maximum Gasteiger partial charge on any atom is 0.152 e. The summed E-state index contributed by atoms with van der Waals surface area (Å²) in [6.07, 6.45) is 3.38. The summed E-state index contributed by atoms with van der Waals surface area (Å²) in [5, 5.41) is 0. The second-order valence-corrected chi connectivity index (χ2v) is 5.41. The average Bonchev–Trinajstić information content (AvgIpc) is 2.30. The van der Waals surface area contributed by atoms with Crippen LogP contribution in [0.25, 0.3) is 0 Å². The van der Waals surface area contributed by atoms with Crippen molar-refractivity contribution in [3.8, 4) is 0 Å². The molecule has 0 atom stereocenters. The number of nitrogens with zero attached hydrogens (tertiary/aromatic N) is 1. The van der Waals surface area contributed by atoms with Gasteiger partial charge in [0.05, 0.1) is 0 Å². The number of halogens is 1. The highest BCUT2D eigenvalue weighted by atomic mass is 79.9. The maximum absolute atomic E-state index is 11.0. The fraction of sp³-hybridized carbons (Fsp3) is 0.462. The number of anilines is 1. The van der Waals surface area contributed by atoms with Crippen LogP contribution in [0.5, 0.6) is 0 Å². The van der Waals surface area contributed by atoms with E-state index >= 15 is 0 Å². The van der Waals surface area contributed by atoms with Gasteiger partial charge in [-0.15, -0.1) is 0 Å². The summed E-state index contributed by atoms with van der Waals surface area (Å²) in [5.74, 6) is 0.811. The van der Waals surface area contributed by atoms with Crippen molar-refractivity contribution < 1.29 is 4.79 Å². The van der Waals surface area contributed by atoms with Crippen molar-refractivity contribution in [2.45, 2.75) is 19.8 Å². The van der Waals surface area contributed by atoms with Crippen molar-refractivity contribution >= 4 is 27.9 Å². The molecule has 0 amide bonds. The molecule has 2 nitrogen and oxygen atoms in total. The number of carbonyl (C=O) groups is 1. The van der Waals surface area contributed by atoms with Crippen molar-refractivity contribution in [2.24, 2.45) is 5.92 Å². The van der Waals surface area contributed by atoms with Crippen LogP contribution >= 0.6 is 15.9 Å². The fourth-order valence-corrected chi connectivity index (χ4v) is 2.54. The van der Waals surface area contributed by atoms with E-state index in [1.54, 1.807) is 0 Å². The molecule has 0 bridgehead atoms. The van der Waals surface area contributed by atoms with Crippen LogP contribution in [0.4, 0.5) is 5.69 Å². The Balaban J connectivity index is 2.23. The molecule has 3 heteroatoms. The summed E-state index contributed by atoms with van der Waals surface area (Å²) in [6.45, 7) is 4.41. The highest BCUT2D eigenvalue weighted by Crippen LogP contribution is 2.27. The zero-order valence-corrected chi connectivity index (χ0v) is 11.0. The van der Waals surface area contributed by atoms with E-state index in [0.29, 0.717) is 0 Å². The number of carbonyl (C=O) groups excluding carboxylic acids is 1. The molecule has 1 fully saturated rings. The normalized spacial score (nSPS) is 17.5. The number of hydrogen-bond donors (Lipinski definition) is 0. The van der Waals surface area contributed by atoms with Crippen molar-refractivity contribution in [2.75, 3.05) is 18.0 Å². The van der Waals surface area contributed by atoms with Gasteiger partial charge in [-0.2, -0.15) is 0 Å². The van der Waals surface area contributed by atoms with Crippen LogP contribution in [-0.4, -0.2) is 19.4 Å². The van der Waals surface area contributed by atoms with E-state index in [9.17, 15) is 4.79 Å². The molecule has 1 aromatic carbocycles. The van der Waals surface area contributed by atoms with Crippen molar-refractivity contribution in [3.05, 3.63) is 28.2 Å². The predicted molar refractivity (Wildman–Crippen MR) is 70.1 cm³/mol. The Hall–Kier alpha value is -0.830. The summed E-state index contributed by atoms with van der Waals surface area (Å²) in [4.78, 5) is 13.4. The molecule has 86 valence electrons. The van der Waals surface area contributed by atoms with Crippen LogP contribution in [0.3, 0.4) is 0 Å². The van der Waals surface area contributed by atoms with Crippen LogP contribution in [-0.2, 0) is 0 Å². The summed E-state index contributed by atoms with van der Waals surface area (Å²) < 4.78 is 0.962. The van der Waals surface area contributed by atoms with Gasteiger partial charge in [-0.3, -0.25) is 4.79 Å². The van der Waals surface area contributed by atoms with Crippen LogP contribution in [0, 0.1) is 5.92 Å². The first-order valence-electron chi connectivity index (χ1n) is 5.70. The summed E-state index contributed by atoms with van der Waals surface area (Å²) in [6, 6.07) is 5.92. The van der Waals surface area contributed by atoms with E-state index in [2.05, 4.69) is 27.8 Å². The molecule has 1 aliphatic heterocycles. The first-order valence-corrected chi connectivity index (χ1v) is 6.49. The minimum Gasteiger partial charge on any atom is -0.371 e. The first-order chi connectivity index (χ1) is 7.70. The standard InChI is InChI=1S/C13H16BrNO/c1-10-4-6-15(7-5-10)13-3-2-12(14)8-11(13)9-16/h2-3,8-10H,4-7H2,1H3. The molecule has 1 aromatic rings. The Morgan fingerprint density at radius 2 is 2.06 bits per heavy atom. The molecule has 2 rings (SSSR count). The van der Waals surface area contributed by atoms with Crippen LogP contribution in [0.2, 0.25) is 0 Å². The molecule has 0 radical (unpaired) electrons. The van der Waals surface area contributed by atoms with Gasteiger partial charge in [0, 0.05) is 28.8 Å². The van der Waals surface area contributed by atoms with Gasteiger partial charge < -0.3 is 4.90 Å². The lowest BCUT2D eigenvalue weighted by molar-refractivity contribution is 0.112. The smallest absolute Gasteiger partial charge is 0.152 e. The van der Waals surface area contributed by atoms with Crippen molar-refractivity contribution in [3.63, 3.8) is 0 Å². The van der Waals surface area contributed by atoms with E-state index in [0.717, 1.165) is 41.0 Å². The second kappa shape index (κ2) is 5.00. The Kier molecular flexibility index (Phi) is 3.64. The molecule has 1 heterocycles. The zero-order chi connectivity index (χ0) is 11.5. The average molecular weight is 282 g/mol. The Morgan fingerprint density at radius 1 is 1.38 bits per heavy atom. The number of piperidine rings is 1. The molecular formula is C13H16BrNO. The third kappa shape index (κ3) is 2.46. The van der Waals surface area contributed by atoms with E-state index in [1.807, 2.05) is 18.2 Å². The minimum absolute atomic E-state index is 0.781. The predicted octanol–water partition coefficient (Wildman–Crippen LogP) is 3.50. The van der Waals surface area contributed by atoms with E-state index < -0.39 is 0 Å². The van der Waals surface area contributed by atoms with E-state index in [4.69, 9.17) is 0 Å². The number of aldehydes is 1. The second-order valence-electron chi connectivity index (χ2n) is 4.49. The third-order valence-corrected chi connectivity index (χ3v) is 3.73. The molecule has 0 unspecified atom stereocenters. The van der Waals surface area contributed by atoms with Gasteiger partial charge >= 0.3 is 0 Å². The molecule has 0 spiro atoms. The molecule has 0 N–H and O–H groups in total. The van der Waals surface area contributed by atoms with Gasteiger partial charge in [-0.1, -0.05) is 22.9 Å². The third-order valence-electron chi connectivity index (χ3n) is 3.24. The van der Waals surface area contributed by atoms with Gasteiger partial charge in [0.25, 0.3) is 0 Å². The van der Waals surface area contributed by atoms with Gasteiger partial charge in [-0.25, -0.2) is 0 Å². The highest BCUT2D eigenvalue weighted by molar-refractivity contribution is 9.10. The van der Waals surface area contributed by atoms with Gasteiger partial charge in [-0.05, 0) is 37.0 Å². The maximum atomic E-state index is 11.0. The summed E-state index contributed by atoms with van der Waals surface area (Å²) in [7, 11) is 0. The quantitative estimate of drug-likeness (QED) is 0.774. The molecule has 16 heavy (non-hydrogen) atoms. The molecule has 0 saturated carbocycles. The van der Waals surface area contributed by atoms with Crippen LogP contribution in [0.15, 0.2) is 22.7 Å². The summed E-state index contributed by atoms with van der Waals surface area (Å²) in [5.41, 5.74) is 1.86. The monoisotopic (exact) mass is 281 g/mol. The number of hydrogen-bond acceptors (Lipinski definition) is 2. The lowest BCUT2D eigenvalue weighted by Crippen LogP contribution is -2.33. The number of benzene rings is 1. The largest absolute Gasteiger partial charge is 0.371 e. The Bertz CT molecular complexity index is 384. The molecule has 0 aromatic heterocycles. The topological polar surface area (TPSA) is 20.3 Å². The van der Waals surface area contributed by atoms with Gasteiger partial charge in [0.15, 0.2) is 6.29 Å². The van der Waals surface area contributed by atoms with Gasteiger partial charge in [0.2, 0.25) is 0 Å². The Labute approximate surface area is 105 Å². The fourth-order valence-electron chi connectivity index (χ4n) is 2.16. The molecular weight excluding hydrogens is 266 g/mol. The lowest BCUT2D eigenvalue weighted by atomic mass is 9.98. The van der Waals surface area contributed by atoms with E-state index in [-0.39, 0.29) is 0 Å². The van der Waals surface area contributed by atoms with Crippen LogP contribution in [0.1, 0.15) is 30.1 Å². The summed E-state index contributed by atoms with van der Waals surface area (Å²) >= 11 is 3.39. The molecule has 1 aliphatic rings. The van der Waals surface area contributed by atoms with Crippen molar-refractivity contribution in [1.29, 1.82) is 0 Å². The Morgan fingerprint density at radius 3 is 2.69 bits per heavy atom. The van der Waals surface area contributed by atoms with Gasteiger partial charge in [0.1, 0.15) is 0 Å². The SMILES string of the molecule is CC1CCN(c2ccc(Br)cc2C=O)CC1. The van der Waals surface area contributed by atoms with E-state index in [1.165, 1.54) is 12.8 Å².